The lowest BCUT2D eigenvalue weighted by molar-refractivity contribution is -0.144. The molecule has 0 radical (unpaired) electrons. The van der Waals surface area contributed by atoms with E-state index in [1.807, 2.05) is 32.9 Å². The zero-order chi connectivity index (χ0) is 16.0. The highest BCUT2D eigenvalue weighted by molar-refractivity contribution is 5.84. The van der Waals surface area contributed by atoms with Crippen molar-refractivity contribution in [3.63, 3.8) is 0 Å². The van der Waals surface area contributed by atoms with Gasteiger partial charge in [-0.3, -0.25) is 9.59 Å². The molecule has 4 N–H and O–H groups in total. The maximum Gasteiger partial charge on any atom is 0.249 e. The van der Waals surface area contributed by atoms with Gasteiger partial charge in [0.1, 0.15) is 6.61 Å². The Morgan fingerprint density at radius 3 is 2.38 bits per heavy atom. The predicted octanol–water partition coefficient (Wildman–Crippen LogP) is 0.898. The number of primary amides is 1. The molecule has 1 rings (SSSR count). The first kappa shape index (κ1) is 17.0. The minimum absolute atomic E-state index is 0.108. The molecule has 0 fully saturated rings. The summed E-state index contributed by atoms with van der Waals surface area (Å²) in [6.45, 7) is 5.52. The molecule has 0 saturated carbocycles. The lowest BCUT2D eigenvalue weighted by Gasteiger charge is -2.25. The number of hydrogen-bond acceptors (Lipinski definition) is 4. The molecule has 116 valence electrons. The Kier molecular flexibility index (Phi) is 5.72. The predicted molar refractivity (Wildman–Crippen MR) is 81.2 cm³/mol. The number of para-hydroxylation sites is 1. The highest BCUT2D eigenvalue weighted by Crippen LogP contribution is 2.14. The van der Waals surface area contributed by atoms with Crippen molar-refractivity contribution in [3.8, 4) is 0 Å². The van der Waals surface area contributed by atoms with Crippen LogP contribution in [0.2, 0.25) is 0 Å². The Balaban J connectivity index is 2.78. The molecule has 21 heavy (non-hydrogen) atoms. The maximum absolute atomic E-state index is 12.2. The minimum Gasteiger partial charge on any atom is -0.398 e. The molecule has 0 atom stereocenters. The second-order valence-corrected chi connectivity index (χ2v) is 5.82. The summed E-state index contributed by atoms with van der Waals surface area (Å²) in [5.74, 6) is -0.874. The van der Waals surface area contributed by atoms with E-state index in [0.29, 0.717) is 5.69 Å². The number of rotatable bonds is 6. The molecular weight excluding hydrogens is 270 g/mol. The lowest BCUT2D eigenvalue weighted by Crippen LogP contribution is -2.41. The first-order valence-electron chi connectivity index (χ1n) is 6.72. The number of nitrogens with zero attached hydrogens (tertiary/aromatic N) is 1. The van der Waals surface area contributed by atoms with Gasteiger partial charge in [-0.1, -0.05) is 18.2 Å². The van der Waals surface area contributed by atoms with Crippen molar-refractivity contribution < 1.29 is 14.3 Å². The summed E-state index contributed by atoms with van der Waals surface area (Å²) in [5.41, 5.74) is 12.0. The topological polar surface area (TPSA) is 98.6 Å². The molecule has 6 nitrogen and oxygen atoms in total. The smallest absolute Gasteiger partial charge is 0.249 e. The van der Waals surface area contributed by atoms with E-state index in [2.05, 4.69) is 0 Å². The Bertz CT molecular complexity index is 509. The van der Waals surface area contributed by atoms with Gasteiger partial charge in [-0.2, -0.15) is 0 Å². The fraction of sp³-hybridized carbons (Fsp3) is 0.467. The highest BCUT2D eigenvalue weighted by atomic mass is 16.5. The van der Waals surface area contributed by atoms with Crippen LogP contribution >= 0.6 is 0 Å². The average Bonchev–Trinajstić information content (AvgIpc) is 2.36. The van der Waals surface area contributed by atoms with E-state index in [1.165, 1.54) is 4.90 Å². The quantitative estimate of drug-likeness (QED) is 0.761. The number of nitrogens with two attached hydrogens (primary N) is 2. The lowest BCUT2D eigenvalue weighted by atomic mass is 10.1. The van der Waals surface area contributed by atoms with E-state index < -0.39 is 11.5 Å². The molecule has 2 amide bonds. The Morgan fingerprint density at radius 1 is 1.24 bits per heavy atom. The van der Waals surface area contributed by atoms with Crippen molar-refractivity contribution in [2.24, 2.45) is 5.73 Å². The van der Waals surface area contributed by atoms with Gasteiger partial charge >= 0.3 is 0 Å². The van der Waals surface area contributed by atoms with Crippen LogP contribution in [0.3, 0.4) is 0 Å². The van der Waals surface area contributed by atoms with Crippen LogP contribution in [0.15, 0.2) is 24.3 Å². The standard InChI is InChI=1S/C15H23N3O3/c1-15(2,3)21-10-14(20)18(9-13(17)19)8-11-6-4-5-7-12(11)16/h4-7H,8-10,16H2,1-3H3,(H2,17,19). The summed E-state index contributed by atoms with van der Waals surface area (Å²) in [5, 5.41) is 0. The van der Waals surface area contributed by atoms with Crippen molar-refractivity contribution >= 4 is 17.5 Å². The first-order valence-corrected chi connectivity index (χ1v) is 6.72. The van der Waals surface area contributed by atoms with Crippen LogP contribution in [0.25, 0.3) is 0 Å². The average molecular weight is 293 g/mol. The van der Waals surface area contributed by atoms with Gasteiger partial charge in [-0.15, -0.1) is 0 Å². The number of hydrogen-bond donors (Lipinski definition) is 2. The SMILES string of the molecule is CC(C)(C)OCC(=O)N(CC(N)=O)Cc1ccccc1N. The molecule has 0 aliphatic carbocycles. The van der Waals surface area contributed by atoms with E-state index in [-0.39, 0.29) is 25.6 Å². The summed E-state index contributed by atoms with van der Waals surface area (Å²) < 4.78 is 5.45. The van der Waals surface area contributed by atoms with Crippen LogP contribution in [0, 0.1) is 0 Å². The van der Waals surface area contributed by atoms with Crippen molar-refractivity contribution in [1.82, 2.24) is 4.90 Å². The van der Waals surface area contributed by atoms with E-state index in [4.69, 9.17) is 16.2 Å². The normalized spacial score (nSPS) is 11.2. The van der Waals surface area contributed by atoms with Gasteiger partial charge in [-0.05, 0) is 32.4 Å². The summed E-state index contributed by atoms with van der Waals surface area (Å²) in [6.07, 6.45) is 0. The fourth-order valence-electron chi connectivity index (χ4n) is 1.67. The van der Waals surface area contributed by atoms with Gasteiger partial charge in [0, 0.05) is 12.2 Å². The molecule has 0 heterocycles. The summed E-state index contributed by atoms with van der Waals surface area (Å²) in [4.78, 5) is 24.7. The number of ether oxygens (including phenoxy) is 1. The van der Waals surface area contributed by atoms with Crippen LogP contribution in [-0.4, -0.2) is 35.5 Å². The molecular formula is C15H23N3O3. The van der Waals surface area contributed by atoms with Crippen molar-refractivity contribution in [1.29, 1.82) is 0 Å². The summed E-state index contributed by atoms with van der Waals surface area (Å²) >= 11 is 0. The van der Waals surface area contributed by atoms with Crippen LogP contribution in [0.1, 0.15) is 26.3 Å². The van der Waals surface area contributed by atoms with E-state index in [1.54, 1.807) is 12.1 Å². The molecule has 0 aliphatic rings. The number of carbonyl (C=O) groups is 2. The number of anilines is 1. The first-order chi connectivity index (χ1) is 9.69. The Labute approximate surface area is 125 Å². The third-order valence-electron chi connectivity index (χ3n) is 2.74. The Hall–Kier alpha value is -2.08. The number of carbonyl (C=O) groups excluding carboxylic acids is 2. The van der Waals surface area contributed by atoms with Gasteiger partial charge in [0.15, 0.2) is 0 Å². The van der Waals surface area contributed by atoms with Crippen LogP contribution in [0.5, 0.6) is 0 Å². The number of benzene rings is 1. The highest BCUT2D eigenvalue weighted by Gasteiger charge is 2.20. The van der Waals surface area contributed by atoms with Gasteiger partial charge < -0.3 is 21.1 Å². The van der Waals surface area contributed by atoms with Gasteiger partial charge in [0.25, 0.3) is 0 Å². The van der Waals surface area contributed by atoms with Gasteiger partial charge in [0.05, 0.1) is 12.1 Å². The zero-order valence-electron chi connectivity index (χ0n) is 12.8. The second-order valence-electron chi connectivity index (χ2n) is 5.82. The van der Waals surface area contributed by atoms with Gasteiger partial charge in [-0.25, -0.2) is 0 Å². The molecule has 1 aromatic rings. The van der Waals surface area contributed by atoms with Crippen LogP contribution in [-0.2, 0) is 20.9 Å². The van der Waals surface area contributed by atoms with Crippen molar-refractivity contribution in [2.45, 2.75) is 32.9 Å². The molecule has 0 unspecified atom stereocenters. The van der Waals surface area contributed by atoms with E-state index in [0.717, 1.165) is 5.56 Å². The van der Waals surface area contributed by atoms with Crippen molar-refractivity contribution in [3.05, 3.63) is 29.8 Å². The third-order valence-corrected chi connectivity index (χ3v) is 2.74. The van der Waals surface area contributed by atoms with E-state index >= 15 is 0 Å². The second kappa shape index (κ2) is 7.08. The minimum atomic E-state index is -0.575. The molecule has 0 spiro atoms. The zero-order valence-corrected chi connectivity index (χ0v) is 12.8. The molecule has 0 aliphatic heterocycles. The summed E-state index contributed by atoms with van der Waals surface area (Å²) in [7, 11) is 0. The fourth-order valence-corrected chi connectivity index (χ4v) is 1.67. The maximum atomic E-state index is 12.2. The van der Waals surface area contributed by atoms with Crippen LogP contribution in [0.4, 0.5) is 5.69 Å². The van der Waals surface area contributed by atoms with E-state index in [9.17, 15) is 9.59 Å². The van der Waals surface area contributed by atoms with Crippen LogP contribution < -0.4 is 11.5 Å². The molecule has 0 aromatic heterocycles. The monoisotopic (exact) mass is 293 g/mol. The Morgan fingerprint density at radius 2 is 1.86 bits per heavy atom. The summed E-state index contributed by atoms with van der Waals surface area (Å²) in [6, 6.07) is 7.18. The van der Waals surface area contributed by atoms with Crippen molar-refractivity contribution in [2.75, 3.05) is 18.9 Å². The molecule has 0 saturated heterocycles. The molecule has 6 heteroatoms. The van der Waals surface area contributed by atoms with Gasteiger partial charge in [0.2, 0.25) is 11.8 Å². The largest absolute Gasteiger partial charge is 0.398 e. The number of amides is 2. The third kappa shape index (κ3) is 6.27. The molecule has 1 aromatic carbocycles. The molecule has 0 bridgehead atoms. The number of nitrogen functional groups attached to an aromatic ring is 1.